The van der Waals surface area contributed by atoms with Crippen molar-refractivity contribution in [1.82, 2.24) is 5.01 Å². The van der Waals surface area contributed by atoms with Crippen molar-refractivity contribution in [3.63, 3.8) is 0 Å². The van der Waals surface area contributed by atoms with Gasteiger partial charge in [-0.2, -0.15) is 0 Å². The number of hydrogen-bond donors (Lipinski definition) is 1. The molecule has 14 heavy (non-hydrogen) atoms. The molecule has 1 atom stereocenters. The molecule has 0 bridgehead atoms. The fourth-order valence-electron chi connectivity index (χ4n) is 1.10. The van der Waals surface area contributed by atoms with Gasteiger partial charge in [-0.1, -0.05) is 12.1 Å². The first-order valence-electron chi connectivity index (χ1n) is 4.11. The highest BCUT2D eigenvalue weighted by Gasteiger charge is 2.10. The Bertz CT molecular complexity index is 319. The van der Waals surface area contributed by atoms with Crippen LogP contribution < -0.4 is 0 Å². The van der Waals surface area contributed by atoms with Crippen LogP contribution in [0.2, 0.25) is 0 Å². The average Bonchev–Trinajstić information content (AvgIpc) is 2.17. The average molecular weight is 198 g/mol. The summed E-state index contributed by atoms with van der Waals surface area (Å²) in [6.07, 6.45) is -0.909. The van der Waals surface area contributed by atoms with Gasteiger partial charge in [0, 0.05) is 7.05 Å². The Morgan fingerprint density at radius 2 is 2.36 bits per heavy atom. The van der Waals surface area contributed by atoms with E-state index in [0.717, 1.165) is 5.01 Å². The Kier molecular flexibility index (Phi) is 3.53. The predicted molar refractivity (Wildman–Crippen MR) is 49.8 cm³/mol. The van der Waals surface area contributed by atoms with E-state index in [9.17, 15) is 14.4 Å². The highest BCUT2D eigenvalue weighted by molar-refractivity contribution is 5.18. The highest BCUT2D eigenvalue weighted by atomic mass is 19.1. The van der Waals surface area contributed by atoms with Gasteiger partial charge < -0.3 is 5.11 Å². The molecule has 4 nitrogen and oxygen atoms in total. The van der Waals surface area contributed by atoms with Crippen LogP contribution in [-0.2, 0) is 0 Å². The maximum atomic E-state index is 12.7. The van der Waals surface area contributed by atoms with Crippen LogP contribution in [0, 0.1) is 10.7 Å². The van der Waals surface area contributed by atoms with Crippen LogP contribution in [0.15, 0.2) is 29.6 Å². The fourth-order valence-corrected chi connectivity index (χ4v) is 1.10. The summed E-state index contributed by atoms with van der Waals surface area (Å²) in [6, 6.07) is 5.61. The topological polar surface area (TPSA) is 52.9 Å². The third-order valence-corrected chi connectivity index (χ3v) is 1.81. The second kappa shape index (κ2) is 4.66. The molecule has 0 fully saturated rings. The first-order chi connectivity index (χ1) is 6.63. The molecule has 5 heteroatoms. The third kappa shape index (κ3) is 2.77. The molecule has 0 aromatic heterocycles. The van der Waals surface area contributed by atoms with Crippen LogP contribution in [0.3, 0.4) is 0 Å². The molecule has 0 aliphatic heterocycles. The molecule has 0 amide bonds. The van der Waals surface area contributed by atoms with E-state index >= 15 is 0 Å². The molecular formula is C9H11FN2O2. The van der Waals surface area contributed by atoms with Crippen molar-refractivity contribution in [3.05, 3.63) is 40.6 Å². The second-order valence-corrected chi connectivity index (χ2v) is 2.99. The Morgan fingerprint density at radius 1 is 1.64 bits per heavy atom. The van der Waals surface area contributed by atoms with Crippen LogP contribution in [0.4, 0.5) is 4.39 Å². The van der Waals surface area contributed by atoms with E-state index in [-0.39, 0.29) is 6.54 Å². The smallest absolute Gasteiger partial charge is 0.123 e. The van der Waals surface area contributed by atoms with Crippen molar-refractivity contribution in [2.24, 2.45) is 5.29 Å². The van der Waals surface area contributed by atoms with Gasteiger partial charge in [-0.3, -0.25) is 5.01 Å². The van der Waals surface area contributed by atoms with Gasteiger partial charge in [0.2, 0.25) is 0 Å². The van der Waals surface area contributed by atoms with Gasteiger partial charge in [0.1, 0.15) is 5.82 Å². The Labute approximate surface area is 80.9 Å². The molecule has 0 saturated heterocycles. The quantitative estimate of drug-likeness (QED) is 0.588. The van der Waals surface area contributed by atoms with E-state index < -0.39 is 11.9 Å². The summed E-state index contributed by atoms with van der Waals surface area (Å²) in [5.74, 6) is -0.414. The zero-order chi connectivity index (χ0) is 10.6. The standard InChI is InChI=1S/C9H11FN2O2/c1-12(11-14)6-9(13)7-3-2-4-8(10)5-7/h2-5,9,13H,6H2,1H3. The molecule has 1 aromatic rings. The molecule has 1 rings (SSSR count). The number of nitroso groups, excluding NO2 is 1. The summed E-state index contributed by atoms with van der Waals surface area (Å²) in [5.41, 5.74) is 0.431. The Hall–Kier alpha value is -1.49. The molecule has 1 N–H and O–H groups in total. The van der Waals surface area contributed by atoms with Gasteiger partial charge in [-0.05, 0) is 17.7 Å². The van der Waals surface area contributed by atoms with E-state index in [0.29, 0.717) is 5.56 Å². The van der Waals surface area contributed by atoms with Gasteiger partial charge >= 0.3 is 0 Å². The summed E-state index contributed by atoms with van der Waals surface area (Å²) < 4.78 is 12.7. The van der Waals surface area contributed by atoms with Gasteiger partial charge in [0.15, 0.2) is 0 Å². The number of benzene rings is 1. The largest absolute Gasteiger partial charge is 0.386 e. The molecule has 0 aliphatic carbocycles. The Morgan fingerprint density at radius 3 is 2.93 bits per heavy atom. The maximum absolute atomic E-state index is 12.7. The number of aliphatic hydroxyl groups excluding tert-OH is 1. The zero-order valence-corrected chi connectivity index (χ0v) is 7.72. The summed E-state index contributed by atoms with van der Waals surface area (Å²) in [4.78, 5) is 10.0. The highest BCUT2D eigenvalue weighted by Crippen LogP contribution is 2.14. The molecule has 1 aromatic carbocycles. The number of hydrogen-bond acceptors (Lipinski definition) is 3. The lowest BCUT2D eigenvalue weighted by molar-refractivity contribution is 0.127. The van der Waals surface area contributed by atoms with E-state index in [4.69, 9.17) is 0 Å². The first-order valence-corrected chi connectivity index (χ1v) is 4.11. The zero-order valence-electron chi connectivity index (χ0n) is 7.72. The van der Waals surface area contributed by atoms with Crippen molar-refractivity contribution in [1.29, 1.82) is 0 Å². The predicted octanol–water partition coefficient (Wildman–Crippen LogP) is 1.47. The fraction of sp³-hybridized carbons (Fsp3) is 0.333. The molecule has 0 spiro atoms. The van der Waals surface area contributed by atoms with Crippen LogP contribution in [0.25, 0.3) is 0 Å². The molecule has 76 valence electrons. The molecule has 1 unspecified atom stereocenters. The molecule has 0 saturated carbocycles. The normalized spacial score (nSPS) is 12.2. The number of likely N-dealkylation sites (N-methyl/N-ethyl adjacent to an activating group) is 1. The second-order valence-electron chi connectivity index (χ2n) is 2.99. The number of halogens is 1. The van der Waals surface area contributed by atoms with E-state index in [1.165, 1.54) is 25.2 Å². The van der Waals surface area contributed by atoms with Crippen molar-refractivity contribution in [3.8, 4) is 0 Å². The van der Waals surface area contributed by atoms with Crippen molar-refractivity contribution in [2.75, 3.05) is 13.6 Å². The van der Waals surface area contributed by atoms with Gasteiger partial charge in [-0.25, -0.2) is 4.39 Å². The molecule has 0 radical (unpaired) electrons. The van der Waals surface area contributed by atoms with Crippen LogP contribution >= 0.6 is 0 Å². The van der Waals surface area contributed by atoms with E-state index in [2.05, 4.69) is 5.29 Å². The summed E-state index contributed by atoms with van der Waals surface area (Å²) in [7, 11) is 1.44. The lowest BCUT2D eigenvalue weighted by Gasteiger charge is -2.14. The van der Waals surface area contributed by atoms with Crippen molar-refractivity contribution in [2.45, 2.75) is 6.10 Å². The van der Waals surface area contributed by atoms with Crippen LogP contribution in [0.5, 0.6) is 0 Å². The monoisotopic (exact) mass is 198 g/mol. The lowest BCUT2D eigenvalue weighted by atomic mass is 10.1. The van der Waals surface area contributed by atoms with Crippen LogP contribution in [0.1, 0.15) is 11.7 Å². The van der Waals surface area contributed by atoms with Gasteiger partial charge in [0.05, 0.1) is 17.9 Å². The minimum atomic E-state index is -0.909. The minimum absolute atomic E-state index is 0.0486. The summed E-state index contributed by atoms with van der Waals surface area (Å²) in [5, 5.41) is 13.2. The van der Waals surface area contributed by atoms with Crippen LogP contribution in [-0.4, -0.2) is 23.7 Å². The van der Waals surface area contributed by atoms with E-state index in [1.54, 1.807) is 6.07 Å². The lowest BCUT2D eigenvalue weighted by Crippen LogP contribution is -2.18. The molecule has 0 heterocycles. The molecule has 0 aliphatic rings. The summed E-state index contributed by atoms with van der Waals surface area (Å²) in [6.45, 7) is 0.0486. The van der Waals surface area contributed by atoms with Crippen molar-refractivity contribution >= 4 is 0 Å². The Balaban J connectivity index is 2.69. The maximum Gasteiger partial charge on any atom is 0.123 e. The third-order valence-electron chi connectivity index (χ3n) is 1.81. The van der Waals surface area contributed by atoms with Gasteiger partial charge in [0.25, 0.3) is 0 Å². The number of aliphatic hydroxyl groups is 1. The molecular weight excluding hydrogens is 187 g/mol. The van der Waals surface area contributed by atoms with Crippen molar-refractivity contribution < 1.29 is 9.50 Å². The number of nitrogens with zero attached hydrogens (tertiary/aromatic N) is 2. The summed E-state index contributed by atoms with van der Waals surface area (Å²) >= 11 is 0. The SMILES string of the molecule is CN(CC(O)c1cccc(F)c1)N=O. The van der Waals surface area contributed by atoms with E-state index in [1.807, 2.05) is 0 Å². The first kappa shape index (κ1) is 10.6. The number of rotatable bonds is 4. The minimum Gasteiger partial charge on any atom is -0.386 e. The van der Waals surface area contributed by atoms with Gasteiger partial charge in [-0.15, -0.1) is 4.91 Å².